The van der Waals surface area contributed by atoms with E-state index in [0.29, 0.717) is 12.3 Å². The van der Waals surface area contributed by atoms with Crippen LogP contribution >= 0.6 is 11.8 Å². The highest BCUT2D eigenvalue weighted by Crippen LogP contribution is 2.41. The molecule has 0 radical (unpaired) electrons. The van der Waals surface area contributed by atoms with Gasteiger partial charge >= 0.3 is 0 Å². The van der Waals surface area contributed by atoms with Crippen LogP contribution in [-0.2, 0) is 6.67 Å². The zero-order chi connectivity index (χ0) is 24.6. The number of nitrogens with one attached hydrogen (secondary N) is 1. The number of nitrogens with zero attached hydrogens (tertiary/aromatic N) is 6. The average molecular weight is 502 g/mol. The number of aromatic amines is 1. The molecule has 4 heterocycles. The van der Waals surface area contributed by atoms with Crippen molar-refractivity contribution in [2.24, 2.45) is 0 Å². The van der Waals surface area contributed by atoms with Gasteiger partial charge < -0.3 is 9.55 Å². The second-order valence-corrected chi connectivity index (χ2v) is 9.86. The molecule has 7 rings (SSSR count). The minimum atomic E-state index is -0.0813. The summed E-state index contributed by atoms with van der Waals surface area (Å²) in [5.74, 6) is 1.64. The highest BCUT2D eigenvalue weighted by atomic mass is 32.2. The lowest BCUT2D eigenvalue weighted by Gasteiger charge is -2.34. The first-order valence-electron chi connectivity index (χ1n) is 12.1. The van der Waals surface area contributed by atoms with Gasteiger partial charge in [-0.1, -0.05) is 103 Å². The average Bonchev–Trinajstić information content (AvgIpc) is 3.56. The molecule has 1 unspecified atom stereocenters. The molecule has 3 aromatic carbocycles. The summed E-state index contributed by atoms with van der Waals surface area (Å²) in [6.07, 6.45) is 3.32. The number of benzene rings is 3. The van der Waals surface area contributed by atoms with Crippen LogP contribution in [0.1, 0.15) is 17.4 Å². The first-order chi connectivity index (χ1) is 18.3. The number of hydrogen-bond donors (Lipinski definition) is 1. The molecule has 0 spiro atoms. The van der Waals surface area contributed by atoms with E-state index in [9.17, 15) is 0 Å². The largest absolute Gasteiger partial charge is 0.338 e. The maximum absolute atomic E-state index is 5.13. The maximum Gasteiger partial charge on any atom is 0.180 e. The van der Waals surface area contributed by atoms with Crippen molar-refractivity contribution in [1.29, 1.82) is 0 Å². The van der Waals surface area contributed by atoms with Gasteiger partial charge in [0.1, 0.15) is 17.7 Å². The van der Waals surface area contributed by atoms with Gasteiger partial charge in [0.15, 0.2) is 10.8 Å². The van der Waals surface area contributed by atoms with Gasteiger partial charge in [-0.05, 0) is 5.56 Å². The number of rotatable bonds is 5. The van der Waals surface area contributed by atoms with Gasteiger partial charge in [0.05, 0.1) is 36.2 Å². The van der Waals surface area contributed by atoms with Crippen LogP contribution in [0, 0.1) is 0 Å². The van der Waals surface area contributed by atoms with Crippen LogP contribution in [0.15, 0.2) is 109 Å². The summed E-state index contributed by atoms with van der Waals surface area (Å²) in [4.78, 5) is 24.4. The van der Waals surface area contributed by atoms with Crippen LogP contribution in [0.25, 0.3) is 33.7 Å². The molecule has 0 saturated carbocycles. The molecule has 0 amide bonds. The zero-order valence-electron chi connectivity index (χ0n) is 19.9. The Morgan fingerprint density at radius 1 is 0.811 bits per heavy atom. The number of fused-ring (bicyclic) bond motifs is 2. The van der Waals surface area contributed by atoms with Gasteiger partial charge in [-0.25, -0.2) is 19.9 Å². The van der Waals surface area contributed by atoms with Crippen molar-refractivity contribution in [3.8, 4) is 22.5 Å². The van der Waals surface area contributed by atoms with E-state index in [1.807, 2.05) is 12.1 Å². The standard InChI is InChI=1S/C29H23N7S/c1-4-10-20(11-5-1)24-25(21-12-6-2-7-13-21)36-18-35(19-37-29(36)33-24)26(22-14-8-3-9-15-22)28-32-23-16-30-17-31-27(23)34-28/h1-17,26H,18-19H2,(H,30,31,32,34). The van der Waals surface area contributed by atoms with E-state index in [0.717, 1.165) is 44.9 Å². The monoisotopic (exact) mass is 501 g/mol. The van der Waals surface area contributed by atoms with Crippen LogP contribution in [0.3, 0.4) is 0 Å². The fourth-order valence-corrected chi connectivity index (χ4v) is 5.94. The maximum atomic E-state index is 5.13. The van der Waals surface area contributed by atoms with Gasteiger partial charge in [-0.15, -0.1) is 0 Å². The molecule has 0 bridgehead atoms. The Labute approximate surface area is 218 Å². The Balaban J connectivity index is 1.36. The van der Waals surface area contributed by atoms with Crippen molar-refractivity contribution in [1.82, 2.24) is 34.4 Å². The van der Waals surface area contributed by atoms with Crippen molar-refractivity contribution in [2.45, 2.75) is 17.9 Å². The van der Waals surface area contributed by atoms with Crippen LogP contribution in [0.4, 0.5) is 0 Å². The van der Waals surface area contributed by atoms with E-state index in [1.54, 1.807) is 18.0 Å². The molecule has 1 aliphatic rings. The van der Waals surface area contributed by atoms with E-state index >= 15 is 0 Å². The first-order valence-corrected chi connectivity index (χ1v) is 13.1. The second kappa shape index (κ2) is 9.31. The predicted octanol–water partition coefficient (Wildman–Crippen LogP) is 6.00. The molecular weight excluding hydrogens is 478 g/mol. The Bertz CT molecular complexity index is 1630. The molecule has 37 heavy (non-hydrogen) atoms. The topological polar surface area (TPSA) is 75.5 Å². The Kier molecular flexibility index (Phi) is 5.53. The fourth-order valence-electron chi connectivity index (χ4n) is 4.97. The first kappa shape index (κ1) is 22.0. The quantitative estimate of drug-likeness (QED) is 0.312. The van der Waals surface area contributed by atoms with Crippen molar-refractivity contribution < 1.29 is 0 Å². The molecule has 0 aliphatic carbocycles. The lowest BCUT2D eigenvalue weighted by atomic mass is 10.0. The number of aromatic nitrogens is 6. The predicted molar refractivity (Wildman–Crippen MR) is 146 cm³/mol. The Morgan fingerprint density at radius 3 is 2.24 bits per heavy atom. The molecule has 1 aliphatic heterocycles. The van der Waals surface area contributed by atoms with Gasteiger partial charge in [0.25, 0.3) is 0 Å². The fraction of sp³-hybridized carbons (Fsp3) is 0.103. The van der Waals surface area contributed by atoms with Crippen molar-refractivity contribution >= 4 is 22.9 Å². The summed E-state index contributed by atoms with van der Waals surface area (Å²) in [5, 5.41) is 1.02. The normalized spacial score (nSPS) is 14.5. The molecule has 0 saturated heterocycles. The number of imidazole rings is 2. The lowest BCUT2D eigenvalue weighted by Crippen LogP contribution is -2.35. The number of H-pyrrole nitrogens is 1. The van der Waals surface area contributed by atoms with Gasteiger partial charge in [0.2, 0.25) is 0 Å². The summed E-state index contributed by atoms with van der Waals surface area (Å²) in [6.45, 7) is 0.675. The van der Waals surface area contributed by atoms with Crippen molar-refractivity contribution in [3.63, 3.8) is 0 Å². The smallest absolute Gasteiger partial charge is 0.180 e. The molecule has 1 N–H and O–H groups in total. The summed E-state index contributed by atoms with van der Waals surface area (Å²) in [5.41, 5.74) is 7.08. The van der Waals surface area contributed by atoms with E-state index in [4.69, 9.17) is 9.97 Å². The molecule has 180 valence electrons. The van der Waals surface area contributed by atoms with E-state index in [-0.39, 0.29) is 6.04 Å². The minimum Gasteiger partial charge on any atom is -0.338 e. The summed E-state index contributed by atoms with van der Waals surface area (Å²) in [6, 6.07) is 31.4. The Morgan fingerprint density at radius 2 is 1.51 bits per heavy atom. The summed E-state index contributed by atoms with van der Waals surface area (Å²) < 4.78 is 2.34. The van der Waals surface area contributed by atoms with E-state index in [1.165, 1.54) is 11.9 Å². The van der Waals surface area contributed by atoms with Crippen LogP contribution in [0.5, 0.6) is 0 Å². The third-order valence-electron chi connectivity index (χ3n) is 6.63. The molecule has 8 heteroatoms. The molecular formula is C29H23N7S. The number of hydrogen-bond acceptors (Lipinski definition) is 6. The van der Waals surface area contributed by atoms with Crippen LogP contribution in [0.2, 0.25) is 0 Å². The minimum absolute atomic E-state index is 0.0813. The molecule has 1 atom stereocenters. The Hall–Kier alpha value is -4.27. The SMILES string of the molecule is c1ccc(-c2nc3n(c2-c2ccccc2)CN(C(c2ccccc2)c2nc4ncncc4[nH]2)CS3)cc1. The lowest BCUT2D eigenvalue weighted by molar-refractivity contribution is 0.190. The van der Waals surface area contributed by atoms with Gasteiger partial charge in [-0.3, -0.25) is 4.90 Å². The third-order valence-corrected chi connectivity index (χ3v) is 7.66. The van der Waals surface area contributed by atoms with Gasteiger partial charge in [0, 0.05) is 11.1 Å². The molecule has 3 aromatic heterocycles. The van der Waals surface area contributed by atoms with Crippen LogP contribution < -0.4 is 0 Å². The molecule has 7 nitrogen and oxygen atoms in total. The zero-order valence-corrected chi connectivity index (χ0v) is 20.7. The molecule has 0 fully saturated rings. The van der Waals surface area contributed by atoms with Gasteiger partial charge in [-0.2, -0.15) is 0 Å². The van der Waals surface area contributed by atoms with Crippen LogP contribution in [-0.4, -0.2) is 40.3 Å². The number of thioether (sulfide) groups is 1. The van der Waals surface area contributed by atoms with Crippen molar-refractivity contribution in [2.75, 3.05) is 5.88 Å². The van der Waals surface area contributed by atoms with E-state index < -0.39 is 0 Å². The highest BCUT2D eigenvalue weighted by Gasteiger charge is 2.32. The van der Waals surface area contributed by atoms with E-state index in [2.05, 4.69) is 103 Å². The van der Waals surface area contributed by atoms with Crippen molar-refractivity contribution in [3.05, 3.63) is 115 Å². The summed E-state index contributed by atoms with van der Waals surface area (Å²) in [7, 11) is 0. The second-order valence-electron chi connectivity index (χ2n) is 8.95. The highest BCUT2D eigenvalue weighted by molar-refractivity contribution is 7.99. The summed E-state index contributed by atoms with van der Waals surface area (Å²) >= 11 is 1.75. The third kappa shape index (κ3) is 4.00. The molecule has 6 aromatic rings.